The second-order valence-corrected chi connectivity index (χ2v) is 4.46. The van der Waals surface area contributed by atoms with Crippen molar-refractivity contribution in [1.29, 1.82) is 0 Å². The standard InChI is InChI=1S/C14H9ClN4O/c15-12-7-13(17-8-16-12)19-14(20)11-6-5-9-3-1-2-4-10(9)18-11/h1-8H,(H,16,17,19,20). The summed E-state index contributed by atoms with van der Waals surface area (Å²) in [5.41, 5.74) is 1.08. The lowest BCUT2D eigenvalue weighted by Gasteiger charge is -2.04. The van der Waals surface area contributed by atoms with Gasteiger partial charge in [-0.3, -0.25) is 4.79 Å². The Morgan fingerprint density at radius 1 is 1.10 bits per heavy atom. The van der Waals surface area contributed by atoms with Crippen LogP contribution in [-0.4, -0.2) is 20.9 Å². The van der Waals surface area contributed by atoms with Crippen molar-refractivity contribution >= 4 is 34.2 Å². The predicted molar refractivity (Wildman–Crippen MR) is 76.7 cm³/mol. The molecular formula is C14H9ClN4O. The maximum atomic E-state index is 12.1. The monoisotopic (exact) mass is 284 g/mol. The summed E-state index contributed by atoms with van der Waals surface area (Å²) in [7, 11) is 0. The van der Waals surface area contributed by atoms with E-state index >= 15 is 0 Å². The number of rotatable bonds is 2. The zero-order valence-electron chi connectivity index (χ0n) is 10.2. The molecule has 2 heterocycles. The number of para-hydroxylation sites is 1. The first-order valence-electron chi connectivity index (χ1n) is 5.87. The van der Waals surface area contributed by atoms with E-state index in [2.05, 4.69) is 20.3 Å². The molecule has 0 bridgehead atoms. The third-order valence-electron chi connectivity index (χ3n) is 2.71. The third-order valence-corrected chi connectivity index (χ3v) is 2.91. The molecule has 0 saturated heterocycles. The maximum Gasteiger partial charge on any atom is 0.275 e. The Kier molecular flexibility index (Phi) is 3.26. The number of benzene rings is 1. The molecule has 0 unspecified atom stereocenters. The van der Waals surface area contributed by atoms with Gasteiger partial charge in [0.05, 0.1) is 5.52 Å². The van der Waals surface area contributed by atoms with Gasteiger partial charge in [-0.1, -0.05) is 35.9 Å². The molecule has 6 heteroatoms. The van der Waals surface area contributed by atoms with Crippen LogP contribution in [-0.2, 0) is 0 Å². The second-order valence-electron chi connectivity index (χ2n) is 4.07. The Morgan fingerprint density at radius 2 is 1.95 bits per heavy atom. The Labute approximate surface area is 119 Å². The molecule has 0 radical (unpaired) electrons. The van der Waals surface area contributed by atoms with Gasteiger partial charge >= 0.3 is 0 Å². The van der Waals surface area contributed by atoms with Gasteiger partial charge in [0, 0.05) is 11.5 Å². The van der Waals surface area contributed by atoms with E-state index in [1.165, 1.54) is 12.4 Å². The molecule has 3 aromatic rings. The molecule has 1 amide bonds. The summed E-state index contributed by atoms with van der Waals surface area (Å²) in [6, 6.07) is 12.6. The molecule has 5 nitrogen and oxygen atoms in total. The Morgan fingerprint density at radius 3 is 2.80 bits per heavy atom. The van der Waals surface area contributed by atoms with E-state index in [9.17, 15) is 4.79 Å². The lowest BCUT2D eigenvalue weighted by atomic mass is 10.2. The average Bonchev–Trinajstić information content (AvgIpc) is 2.47. The molecule has 98 valence electrons. The molecule has 2 aromatic heterocycles. The molecule has 20 heavy (non-hydrogen) atoms. The Bertz CT molecular complexity index is 791. The lowest BCUT2D eigenvalue weighted by molar-refractivity contribution is 0.102. The van der Waals surface area contributed by atoms with Gasteiger partial charge in [0.2, 0.25) is 0 Å². The minimum atomic E-state index is -0.342. The van der Waals surface area contributed by atoms with Crippen LogP contribution >= 0.6 is 11.6 Å². The Balaban J connectivity index is 1.88. The van der Waals surface area contributed by atoms with Crippen LogP contribution in [0.2, 0.25) is 5.15 Å². The number of hydrogen-bond acceptors (Lipinski definition) is 4. The molecule has 0 aliphatic carbocycles. The highest BCUT2D eigenvalue weighted by Gasteiger charge is 2.09. The predicted octanol–water partition coefficient (Wildman–Crippen LogP) is 2.93. The maximum absolute atomic E-state index is 12.1. The van der Waals surface area contributed by atoms with Crippen molar-refractivity contribution < 1.29 is 4.79 Å². The van der Waals surface area contributed by atoms with Gasteiger partial charge < -0.3 is 5.32 Å². The van der Waals surface area contributed by atoms with Crippen LogP contribution < -0.4 is 5.32 Å². The summed E-state index contributed by atoms with van der Waals surface area (Å²) >= 11 is 5.73. The average molecular weight is 285 g/mol. The van der Waals surface area contributed by atoms with Crippen LogP contribution in [0.3, 0.4) is 0 Å². The van der Waals surface area contributed by atoms with Crippen molar-refractivity contribution in [1.82, 2.24) is 15.0 Å². The fraction of sp³-hybridized carbons (Fsp3) is 0. The number of halogens is 1. The van der Waals surface area contributed by atoms with Gasteiger partial charge in [0.25, 0.3) is 5.91 Å². The van der Waals surface area contributed by atoms with E-state index in [1.54, 1.807) is 6.07 Å². The zero-order chi connectivity index (χ0) is 13.9. The molecule has 0 aliphatic rings. The highest BCUT2D eigenvalue weighted by atomic mass is 35.5. The SMILES string of the molecule is O=C(Nc1cc(Cl)ncn1)c1ccc2ccccc2n1. The van der Waals surface area contributed by atoms with E-state index in [0.717, 1.165) is 10.9 Å². The largest absolute Gasteiger partial charge is 0.305 e. The zero-order valence-corrected chi connectivity index (χ0v) is 11.0. The first-order valence-corrected chi connectivity index (χ1v) is 6.25. The minimum Gasteiger partial charge on any atom is -0.305 e. The summed E-state index contributed by atoms with van der Waals surface area (Å²) in [5.74, 6) is -0.00419. The molecular weight excluding hydrogens is 276 g/mol. The van der Waals surface area contributed by atoms with E-state index < -0.39 is 0 Å². The summed E-state index contributed by atoms with van der Waals surface area (Å²) in [6.07, 6.45) is 1.28. The van der Waals surface area contributed by atoms with Crippen LogP contribution in [0.4, 0.5) is 5.82 Å². The number of nitrogens with zero attached hydrogens (tertiary/aromatic N) is 3. The fourth-order valence-corrected chi connectivity index (χ4v) is 1.92. The fourth-order valence-electron chi connectivity index (χ4n) is 1.77. The smallest absolute Gasteiger partial charge is 0.275 e. The number of nitrogens with one attached hydrogen (secondary N) is 1. The Hall–Kier alpha value is -2.53. The van der Waals surface area contributed by atoms with Crippen molar-refractivity contribution in [3.63, 3.8) is 0 Å². The first-order chi connectivity index (χ1) is 9.72. The van der Waals surface area contributed by atoms with Gasteiger partial charge in [0.15, 0.2) is 0 Å². The van der Waals surface area contributed by atoms with Gasteiger partial charge in [-0.2, -0.15) is 0 Å². The molecule has 0 atom stereocenters. The van der Waals surface area contributed by atoms with E-state index in [1.807, 2.05) is 30.3 Å². The van der Waals surface area contributed by atoms with Crippen molar-refractivity contribution in [2.75, 3.05) is 5.32 Å². The van der Waals surface area contributed by atoms with Gasteiger partial charge in [-0.05, 0) is 12.1 Å². The number of pyridine rings is 1. The molecule has 0 spiro atoms. The molecule has 3 rings (SSSR count). The summed E-state index contributed by atoms with van der Waals surface area (Å²) in [5, 5.41) is 3.87. The topological polar surface area (TPSA) is 67.8 Å². The van der Waals surface area contributed by atoms with Crippen molar-refractivity contribution in [2.24, 2.45) is 0 Å². The number of aromatic nitrogens is 3. The van der Waals surface area contributed by atoms with Crippen molar-refractivity contribution in [3.8, 4) is 0 Å². The number of hydrogen-bond donors (Lipinski definition) is 1. The molecule has 1 aromatic carbocycles. The van der Waals surface area contributed by atoms with E-state index in [-0.39, 0.29) is 11.1 Å². The quantitative estimate of drug-likeness (QED) is 0.735. The lowest BCUT2D eigenvalue weighted by Crippen LogP contribution is -2.14. The van der Waals surface area contributed by atoms with Gasteiger partial charge in [0.1, 0.15) is 23.0 Å². The molecule has 0 aliphatic heterocycles. The number of fused-ring (bicyclic) bond motifs is 1. The molecule has 1 N–H and O–H groups in total. The number of carbonyl (C=O) groups excluding carboxylic acids is 1. The second kappa shape index (κ2) is 5.22. The van der Waals surface area contributed by atoms with Crippen LogP contribution in [0.5, 0.6) is 0 Å². The third kappa shape index (κ3) is 2.57. The summed E-state index contributed by atoms with van der Waals surface area (Å²) < 4.78 is 0. The van der Waals surface area contributed by atoms with Crippen LogP contribution in [0, 0.1) is 0 Å². The molecule has 0 saturated carbocycles. The van der Waals surface area contributed by atoms with Crippen LogP contribution in [0.25, 0.3) is 10.9 Å². The van der Waals surface area contributed by atoms with E-state index in [0.29, 0.717) is 11.5 Å². The first kappa shape index (κ1) is 12.5. The van der Waals surface area contributed by atoms with Crippen molar-refractivity contribution in [3.05, 3.63) is 59.6 Å². The number of amides is 1. The van der Waals surface area contributed by atoms with E-state index in [4.69, 9.17) is 11.6 Å². The van der Waals surface area contributed by atoms with Crippen LogP contribution in [0.15, 0.2) is 48.8 Å². The number of carbonyl (C=O) groups is 1. The highest BCUT2D eigenvalue weighted by molar-refractivity contribution is 6.29. The van der Waals surface area contributed by atoms with Gasteiger partial charge in [-0.25, -0.2) is 15.0 Å². The van der Waals surface area contributed by atoms with Gasteiger partial charge in [-0.15, -0.1) is 0 Å². The number of anilines is 1. The highest BCUT2D eigenvalue weighted by Crippen LogP contribution is 2.13. The normalized spacial score (nSPS) is 10.4. The summed E-state index contributed by atoms with van der Waals surface area (Å²) in [6.45, 7) is 0. The van der Waals surface area contributed by atoms with Crippen LogP contribution in [0.1, 0.15) is 10.5 Å². The molecule has 0 fully saturated rings. The van der Waals surface area contributed by atoms with Crippen molar-refractivity contribution in [2.45, 2.75) is 0 Å². The minimum absolute atomic E-state index is 0.266. The summed E-state index contributed by atoms with van der Waals surface area (Å²) in [4.78, 5) is 24.1.